The summed E-state index contributed by atoms with van der Waals surface area (Å²) in [6.07, 6.45) is 0.523. The van der Waals surface area contributed by atoms with Crippen LogP contribution in [0.3, 0.4) is 0 Å². The second-order valence-corrected chi connectivity index (χ2v) is 14.4. The van der Waals surface area contributed by atoms with Crippen LogP contribution in [0.15, 0.2) is 36.7 Å². The Hall–Kier alpha value is -6.01. The fourth-order valence-electron chi connectivity index (χ4n) is 5.52. The lowest BCUT2D eigenvalue weighted by Gasteiger charge is -2.29. The third-order valence-electron chi connectivity index (χ3n) is 9.01. The molecule has 2 heterocycles. The van der Waals surface area contributed by atoms with Crippen molar-refractivity contribution in [1.29, 1.82) is 0 Å². The summed E-state index contributed by atoms with van der Waals surface area (Å²) in [7, 11) is 5.05. The smallest absolute Gasteiger partial charge is 0.329 e. The van der Waals surface area contributed by atoms with Crippen molar-refractivity contribution in [3.05, 3.63) is 47.8 Å². The molecule has 4 amide bonds. The number of likely N-dealkylation sites (N-methyl/N-ethyl adjacent to an activating group) is 4. The van der Waals surface area contributed by atoms with Crippen molar-refractivity contribution in [1.82, 2.24) is 29.4 Å². The van der Waals surface area contributed by atoms with Crippen LogP contribution in [0, 0.1) is 0 Å². The number of cyclic esters (lactones) is 4. The maximum Gasteiger partial charge on any atom is 0.329 e. The first-order valence-electron chi connectivity index (χ1n) is 18.1. The van der Waals surface area contributed by atoms with Gasteiger partial charge in [0.25, 0.3) is 23.6 Å². The van der Waals surface area contributed by atoms with E-state index in [2.05, 4.69) is 5.10 Å². The monoisotopic (exact) mass is 800 g/mol. The van der Waals surface area contributed by atoms with Gasteiger partial charge in [0.05, 0.1) is 24.0 Å². The highest BCUT2D eigenvalue weighted by molar-refractivity contribution is 5.91. The Balaban J connectivity index is 1.87. The fourth-order valence-corrected chi connectivity index (χ4v) is 5.52. The molecule has 0 spiro atoms. The van der Waals surface area contributed by atoms with E-state index in [0.717, 1.165) is 25.2 Å². The Labute approximate surface area is 331 Å². The van der Waals surface area contributed by atoms with E-state index >= 15 is 0 Å². The van der Waals surface area contributed by atoms with Gasteiger partial charge in [-0.25, -0.2) is 4.79 Å². The number of carbonyl (C=O) groups is 8. The van der Waals surface area contributed by atoms with Gasteiger partial charge < -0.3 is 43.3 Å². The number of hydrogen-bond donors (Lipinski definition) is 0. The predicted octanol–water partition coefficient (Wildman–Crippen LogP) is 0.162. The summed E-state index contributed by atoms with van der Waals surface area (Å²) in [5.41, 5.74) is 0.869. The number of amides is 4. The lowest BCUT2D eigenvalue weighted by atomic mass is 9.92. The van der Waals surface area contributed by atoms with Gasteiger partial charge >= 0.3 is 23.9 Å². The molecule has 1 aromatic carbocycles. The predicted molar refractivity (Wildman–Crippen MR) is 199 cm³/mol. The minimum atomic E-state index is -1.43. The minimum absolute atomic E-state index is 0.0305. The third-order valence-corrected chi connectivity index (χ3v) is 9.01. The molecule has 1 fully saturated rings. The van der Waals surface area contributed by atoms with E-state index in [0.29, 0.717) is 11.3 Å². The molecular formula is C38H52N6O13. The maximum absolute atomic E-state index is 13.7. The lowest BCUT2D eigenvalue weighted by molar-refractivity contribution is -0.167. The molecule has 0 aliphatic carbocycles. The number of carbonyl (C=O) groups excluding carboxylic acids is 8. The lowest BCUT2D eigenvalue weighted by Crippen LogP contribution is -2.49. The summed E-state index contributed by atoms with van der Waals surface area (Å²) in [6, 6.07) is 5.91. The van der Waals surface area contributed by atoms with Crippen LogP contribution in [-0.4, -0.2) is 162 Å². The van der Waals surface area contributed by atoms with Gasteiger partial charge in [-0.05, 0) is 52.7 Å². The number of hydrogen-bond acceptors (Lipinski definition) is 14. The molecule has 1 saturated heterocycles. The van der Waals surface area contributed by atoms with Crippen LogP contribution in [0.25, 0.3) is 0 Å². The van der Waals surface area contributed by atoms with Crippen LogP contribution in [0.1, 0.15) is 52.7 Å². The summed E-state index contributed by atoms with van der Waals surface area (Å²) in [5, 5.41) is 4.46. The first-order chi connectivity index (χ1) is 26.6. The molecule has 0 radical (unpaired) electrons. The van der Waals surface area contributed by atoms with E-state index < -0.39 is 104 Å². The molecule has 1 aromatic heterocycles. The van der Waals surface area contributed by atoms with Gasteiger partial charge in [-0.15, -0.1) is 0 Å². The van der Waals surface area contributed by atoms with Gasteiger partial charge in [0.2, 0.25) is 0 Å². The largest absolute Gasteiger partial charge is 0.488 e. The first-order valence-corrected chi connectivity index (χ1v) is 18.1. The van der Waals surface area contributed by atoms with E-state index in [1.54, 1.807) is 29.2 Å². The molecule has 0 bridgehead atoms. The quantitative estimate of drug-likeness (QED) is 0.281. The molecule has 57 heavy (non-hydrogen) atoms. The van der Waals surface area contributed by atoms with Crippen LogP contribution in [0.5, 0.6) is 5.75 Å². The summed E-state index contributed by atoms with van der Waals surface area (Å²) in [4.78, 5) is 107. The van der Waals surface area contributed by atoms with Crippen LogP contribution in [0.4, 0.5) is 0 Å². The molecule has 1 aliphatic rings. The summed E-state index contributed by atoms with van der Waals surface area (Å²) in [6.45, 7) is 6.90. The molecule has 3 rings (SSSR count). The van der Waals surface area contributed by atoms with E-state index in [9.17, 15) is 38.4 Å². The van der Waals surface area contributed by atoms with Crippen molar-refractivity contribution in [2.24, 2.45) is 0 Å². The van der Waals surface area contributed by atoms with Crippen molar-refractivity contribution in [3.8, 4) is 5.75 Å². The van der Waals surface area contributed by atoms with Gasteiger partial charge in [0.15, 0.2) is 31.2 Å². The summed E-state index contributed by atoms with van der Waals surface area (Å²) >= 11 is 0. The zero-order valence-corrected chi connectivity index (χ0v) is 34.0. The highest BCUT2D eigenvalue weighted by atomic mass is 16.6. The van der Waals surface area contributed by atoms with Crippen LogP contribution >= 0.6 is 0 Å². The average Bonchev–Trinajstić information content (AvgIpc) is 3.62. The summed E-state index contributed by atoms with van der Waals surface area (Å²) < 4.78 is 28.2. The Morgan fingerprint density at radius 3 is 1.79 bits per heavy atom. The summed E-state index contributed by atoms with van der Waals surface area (Å²) in [5.74, 6) is -6.40. The second-order valence-electron chi connectivity index (χ2n) is 14.4. The van der Waals surface area contributed by atoms with Crippen LogP contribution in [0.2, 0.25) is 0 Å². The molecule has 1 aliphatic heterocycles. The number of ether oxygens (including phenoxy) is 5. The second kappa shape index (κ2) is 19.7. The SMILES string of the molecule is CC(C)Oc1cnn(C(C)(C)c2ccc(CC3C(=O)OC(C)C(=O)N(C)CC(=O)OCC(=O)N(C)CC(=O)OC(C)C(=O)N(C)CC(=O)OCC(=O)N3C)cc2)c1. The highest BCUT2D eigenvalue weighted by Crippen LogP contribution is 2.28. The topological polar surface area (TPSA) is 213 Å². The number of nitrogens with zero attached hydrogens (tertiary/aromatic N) is 6. The number of aromatic nitrogens is 2. The van der Waals surface area contributed by atoms with E-state index in [1.165, 1.54) is 42.0 Å². The first kappa shape index (κ1) is 45.4. The van der Waals surface area contributed by atoms with Gasteiger partial charge in [-0.1, -0.05) is 24.3 Å². The van der Waals surface area contributed by atoms with E-state index in [1.807, 2.05) is 39.8 Å². The average molecular weight is 801 g/mol. The van der Waals surface area contributed by atoms with Crippen molar-refractivity contribution >= 4 is 47.5 Å². The zero-order chi connectivity index (χ0) is 42.8. The van der Waals surface area contributed by atoms with E-state index in [-0.39, 0.29) is 12.5 Å². The van der Waals surface area contributed by atoms with Crippen molar-refractivity contribution in [2.45, 2.75) is 77.9 Å². The zero-order valence-electron chi connectivity index (χ0n) is 34.0. The van der Waals surface area contributed by atoms with Crippen LogP contribution in [-0.2, 0) is 69.3 Å². The highest BCUT2D eigenvalue weighted by Gasteiger charge is 2.34. The number of esters is 4. The third kappa shape index (κ3) is 12.8. The molecule has 3 atom stereocenters. The molecule has 2 aromatic rings. The molecule has 312 valence electrons. The van der Waals surface area contributed by atoms with Gasteiger partial charge in [0.1, 0.15) is 25.7 Å². The Kier molecular flexibility index (Phi) is 15.7. The molecule has 0 saturated carbocycles. The van der Waals surface area contributed by atoms with Crippen LogP contribution < -0.4 is 4.74 Å². The Bertz CT molecular complexity index is 1810. The maximum atomic E-state index is 13.7. The Morgan fingerprint density at radius 1 is 0.737 bits per heavy atom. The fraction of sp³-hybridized carbons (Fsp3) is 0.553. The molecule has 3 unspecified atom stereocenters. The molecule has 19 nitrogen and oxygen atoms in total. The van der Waals surface area contributed by atoms with Crippen molar-refractivity contribution in [3.63, 3.8) is 0 Å². The molecule has 19 heteroatoms. The van der Waals surface area contributed by atoms with Crippen molar-refractivity contribution < 1.29 is 62.0 Å². The van der Waals surface area contributed by atoms with Gasteiger partial charge in [-0.2, -0.15) is 5.10 Å². The van der Waals surface area contributed by atoms with E-state index in [4.69, 9.17) is 23.7 Å². The van der Waals surface area contributed by atoms with Crippen molar-refractivity contribution in [2.75, 3.05) is 61.0 Å². The van der Waals surface area contributed by atoms with Gasteiger partial charge in [-0.3, -0.25) is 38.2 Å². The van der Waals surface area contributed by atoms with Gasteiger partial charge in [0, 0.05) is 34.6 Å². The normalized spacial score (nSPS) is 21.2. The molecular weight excluding hydrogens is 748 g/mol. The number of benzene rings is 1. The molecule has 0 N–H and O–H groups in total. The minimum Gasteiger partial charge on any atom is -0.488 e. The Morgan fingerprint density at radius 2 is 1.25 bits per heavy atom. The number of rotatable bonds is 6. The standard InChI is InChI=1S/C38H52N6O13/c1-23(2)55-28-16-39-44(17-28)38(5,6)27-13-11-26(12-14-27)15-29-37(52)57-25(4)36(51)42(9)18-32(47)53-21-30(45)40(7)20-34(49)56-24(3)35(50)41(8)19-33(48)54-22-31(46)43(29)10/h11-14,16-17,23-25,29H,15,18-22H2,1-10H3.